The van der Waals surface area contributed by atoms with E-state index in [2.05, 4.69) is 32.0 Å². The number of nitrogens with zero attached hydrogens (tertiary/aromatic N) is 3. The number of likely N-dealkylation sites (N-methyl/N-ethyl adjacent to an activating group) is 1. The predicted octanol–water partition coefficient (Wildman–Crippen LogP) is 2.31. The van der Waals surface area contributed by atoms with E-state index >= 15 is 0 Å². The summed E-state index contributed by atoms with van der Waals surface area (Å²) in [4.78, 5) is 21.7. The van der Waals surface area contributed by atoms with Crippen LogP contribution in [0.5, 0.6) is 0 Å². The summed E-state index contributed by atoms with van der Waals surface area (Å²) in [6, 6.07) is 7.96. The lowest BCUT2D eigenvalue weighted by atomic mass is 10.2. The van der Waals surface area contributed by atoms with Crippen molar-refractivity contribution < 1.29 is 4.79 Å². The van der Waals surface area contributed by atoms with E-state index in [1.165, 1.54) is 4.88 Å². The van der Waals surface area contributed by atoms with Gasteiger partial charge >= 0.3 is 6.03 Å². The summed E-state index contributed by atoms with van der Waals surface area (Å²) < 4.78 is 0. The van der Waals surface area contributed by atoms with Crippen LogP contribution < -0.4 is 15.5 Å². The van der Waals surface area contributed by atoms with Gasteiger partial charge < -0.3 is 20.4 Å². The normalized spacial score (nSPS) is 12.0. The average Bonchev–Trinajstić information content (AvgIpc) is 3.07. The van der Waals surface area contributed by atoms with Crippen molar-refractivity contribution in [3.63, 3.8) is 0 Å². The lowest BCUT2D eigenvalue weighted by molar-refractivity contribution is 0.233. The number of amides is 2. The second kappa shape index (κ2) is 8.65. The third-order valence-corrected chi connectivity index (χ3v) is 4.65. The molecule has 2 aromatic heterocycles. The molecule has 0 aromatic carbocycles. The molecule has 2 N–H and O–H groups in total. The molecule has 0 spiro atoms. The monoisotopic (exact) mass is 347 g/mol. The fourth-order valence-corrected chi connectivity index (χ4v) is 3.34. The first-order valence-electron chi connectivity index (χ1n) is 7.81. The van der Waals surface area contributed by atoms with Crippen molar-refractivity contribution in [2.75, 3.05) is 39.6 Å². The van der Waals surface area contributed by atoms with E-state index in [0.717, 1.165) is 11.4 Å². The van der Waals surface area contributed by atoms with E-state index in [9.17, 15) is 4.79 Å². The third kappa shape index (κ3) is 4.94. The van der Waals surface area contributed by atoms with Crippen molar-refractivity contribution in [1.82, 2.24) is 20.5 Å². The lowest BCUT2D eigenvalue weighted by Gasteiger charge is -2.23. The Morgan fingerprint density at radius 1 is 1.21 bits per heavy atom. The van der Waals surface area contributed by atoms with Crippen LogP contribution in [0.4, 0.5) is 10.6 Å². The summed E-state index contributed by atoms with van der Waals surface area (Å²) in [7, 11) is 7.91. The molecule has 2 rings (SSSR count). The minimum Gasteiger partial charge on any atom is -0.362 e. The molecular weight excluding hydrogens is 322 g/mol. The molecule has 0 radical (unpaired) electrons. The molecule has 2 amide bonds. The number of thiophene rings is 1. The molecule has 7 heteroatoms. The van der Waals surface area contributed by atoms with Crippen LogP contribution in [0.25, 0.3) is 0 Å². The second-order valence-electron chi connectivity index (χ2n) is 5.94. The van der Waals surface area contributed by atoms with Crippen LogP contribution in [-0.4, -0.2) is 50.7 Å². The second-order valence-corrected chi connectivity index (χ2v) is 6.92. The third-order valence-electron chi connectivity index (χ3n) is 3.68. The molecule has 0 aliphatic rings. The van der Waals surface area contributed by atoms with Crippen LogP contribution in [0.3, 0.4) is 0 Å². The number of hydrogen-bond acceptors (Lipinski definition) is 5. The lowest BCUT2D eigenvalue weighted by Crippen LogP contribution is -2.40. The van der Waals surface area contributed by atoms with E-state index in [4.69, 9.17) is 0 Å². The van der Waals surface area contributed by atoms with Crippen molar-refractivity contribution in [2.24, 2.45) is 0 Å². The Morgan fingerprint density at radius 2 is 2.00 bits per heavy atom. The topological polar surface area (TPSA) is 60.5 Å². The number of carbonyl (C=O) groups excluding carboxylic acids is 1. The van der Waals surface area contributed by atoms with Gasteiger partial charge in [-0.1, -0.05) is 12.1 Å². The zero-order valence-corrected chi connectivity index (χ0v) is 15.4. The molecule has 1 atom stereocenters. The number of urea groups is 1. The van der Waals surface area contributed by atoms with Gasteiger partial charge in [-0.2, -0.15) is 0 Å². The number of aromatic nitrogens is 1. The highest BCUT2D eigenvalue weighted by Crippen LogP contribution is 2.22. The minimum absolute atomic E-state index is 0.173. The summed E-state index contributed by atoms with van der Waals surface area (Å²) in [5, 5.41) is 7.91. The number of anilines is 1. The van der Waals surface area contributed by atoms with E-state index in [1.54, 1.807) is 17.5 Å². The van der Waals surface area contributed by atoms with Gasteiger partial charge in [0.25, 0.3) is 0 Å². The zero-order chi connectivity index (χ0) is 17.5. The molecule has 0 aliphatic heterocycles. The van der Waals surface area contributed by atoms with Crippen molar-refractivity contribution >= 4 is 23.2 Å². The Hall–Kier alpha value is -2.12. The summed E-state index contributed by atoms with van der Waals surface area (Å²) in [6.45, 7) is 1.01. The largest absolute Gasteiger partial charge is 0.362 e. The van der Waals surface area contributed by atoms with E-state index in [-0.39, 0.29) is 12.1 Å². The van der Waals surface area contributed by atoms with Crippen molar-refractivity contribution in [2.45, 2.75) is 12.6 Å². The van der Waals surface area contributed by atoms with Gasteiger partial charge in [0.05, 0.1) is 6.04 Å². The molecule has 0 aliphatic carbocycles. The molecule has 2 heterocycles. The Bertz CT molecular complexity index is 642. The summed E-state index contributed by atoms with van der Waals surface area (Å²) >= 11 is 1.70. The van der Waals surface area contributed by atoms with Crippen LogP contribution in [-0.2, 0) is 6.54 Å². The first-order chi connectivity index (χ1) is 11.5. The van der Waals surface area contributed by atoms with E-state index in [1.807, 2.05) is 51.3 Å². The number of carbonyl (C=O) groups is 1. The fraction of sp³-hybridized carbons (Fsp3) is 0.412. The Labute approximate surface area is 147 Å². The van der Waals surface area contributed by atoms with Crippen LogP contribution in [0, 0.1) is 0 Å². The molecule has 0 fully saturated rings. The molecule has 24 heavy (non-hydrogen) atoms. The first-order valence-corrected chi connectivity index (χ1v) is 8.69. The van der Waals surface area contributed by atoms with Crippen LogP contribution >= 0.6 is 11.3 Å². The highest BCUT2D eigenvalue weighted by atomic mass is 32.1. The van der Waals surface area contributed by atoms with Gasteiger partial charge in [-0.05, 0) is 31.6 Å². The minimum atomic E-state index is -0.174. The molecule has 2 aromatic rings. The van der Waals surface area contributed by atoms with Crippen LogP contribution in [0.2, 0.25) is 0 Å². The van der Waals surface area contributed by atoms with Crippen molar-refractivity contribution in [1.29, 1.82) is 0 Å². The van der Waals surface area contributed by atoms with Gasteiger partial charge in [0.2, 0.25) is 0 Å². The van der Waals surface area contributed by atoms with Gasteiger partial charge in [0.15, 0.2) is 0 Å². The maximum Gasteiger partial charge on any atom is 0.315 e. The highest BCUT2D eigenvalue weighted by molar-refractivity contribution is 7.10. The maximum absolute atomic E-state index is 12.1. The zero-order valence-electron chi connectivity index (χ0n) is 14.6. The summed E-state index contributed by atoms with van der Waals surface area (Å²) in [5.74, 6) is 0.863. The van der Waals surface area contributed by atoms with Gasteiger partial charge in [-0.3, -0.25) is 0 Å². The van der Waals surface area contributed by atoms with Crippen LogP contribution in [0.1, 0.15) is 16.5 Å². The van der Waals surface area contributed by atoms with Gasteiger partial charge in [-0.25, -0.2) is 9.78 Å². The summed E-state index contributed by atoms with van der Waals surface area (Å²) in [6.07, 6.45) is 1.75. The average molecular weight is 347 g/mol. The van der Waals surface area contributed by atoms with E-state index < -0.39 is 0 Å². The number of hydrogen-bond donors (Lipinski definition) is 2. The standard InChI is InChI=1S/C17H25N5OS/c1-21(2)14(15-8-6-10-24-15)12-20-17(23)19-11-13-7-5-9-18-16(13)22(3)4/h5-10,14H,11-12H2,1-4H3,(H2,19,20,23)/t14-/m1/s1. The maximum atomic E-state index is 12.1. The molecule has 130 valence electrons. The summed E-state index contributed by atoms with van der Waals surface area (Å²) in [5.41, 5.74) is 0.986. The SMILES string of the molecule is CN(C)c1ncccc1CNC(=O)NC[C@H](c1cccs1)N(C)C. The first kappa shape index (κ1) is 18.2. The van der Waals surface area contributed by atoms with Gasteiger partial charge in [-0.15, -0.1) is 11.3 Å². The molecule has 0 saturated heterocycles. The number of rotatable bonds is 7. The van der Waals surface area contributed by atoms with Gasteiger partial charge in [0, 0.05) is 43.8 Å². The van der Waals surface area contributed by atoms with Crippen LogP contribution in [0.15, 0.2) is 35.8 Å². The number of pyridine rings is 1. The van der Waals surface area contributed by atoms with Crippen molar-refractivity contribution in [3.05, 3.63) is 46.3 Å². The number of nitrogens with one attached hydrogen (secondary N) is 2. The smallest absolute Gasteiger partial charge is 0.315 e. The Kier molecular flexibility index (Phi) is 6.57. The molecular formula is C17H25N5OS. The Balaban J connectivity index is 1.87. The molecule has 0 saturated carbocycles. The molecule has 6 nitrogen and oxygen atoms in total. The van der Waals surface area contributed by atoms with E-state index in [0.29, 0.717) is 13.1 Å². The fourth-order valence-electron chi connectivity index (χ4n) is 2.42. The Morgan fingerprint density at radius 3 is 2.62 bits per heavy atom. The van der Waals surface area contributed by atoms with Gasteiger partial charge in [0.1, 0.15) is 5.82 Å². The predicted molar refractivity (Wildman–Crippen MR) is 99.5 cm³/mol. The highest BCUT2D eigenvalue weighted by Gasteiger charge is 2.16. The van der Waals surface area contributed by atoms with Crippen molar-refractivity contribution in [3.8, 4) is 0 Å². The quantitative estimate of drug-likeness (QED) is 0.807. The molecule has 0 unspecified atom stereocenters. The molecule has 0 bridgehead atoms.